The topological polar surface area (TPSA) is 223 Å². The Bertz CT molecular complexity index is 2580. The van der Waals surface area contributed by atoms with Gasteiger partial charge in [0.05, 0.1) is 49.1 Å². The van der Waals surface area contributed by atoms with Crippen LogP contribution in [0.3, 0.4) is 0 Å². The van der Waals surface area contributed by atoms with E-state index in [4.69, 9.17) is 19.6 Å². The Labute approximate surface area is 362 Å². The number of nitrogens with two attached hydrogens (primary N) is 1. The van der Waals surface area contributed by atoms with E-state index in [9.17, 15) is 9.59 Å². The Morgan fingerprint density at radius 1 is 0.790 bits per heavy atom. The van der Waals surface area contributed by atoms with E-state index in [-0.39, 0.29) is 17.7 Å². The Morgan fingerprint density at radius 3 is 1.97 bits per heavy atom. The second-order valence-corrected chi connectivity index (χ2v) is 16.1. The molecule has 3 aliphatic heterocycles. The molecule has 7 heterocycles. The average molecular weight is 860 g/mol. The van der Waals surface area contributed by atoms with Crippen molar-refractivity contribution in [2.45, 2.75) is 32.7 Å². The lowest BCUT2D eigenvalue weighted by molar-refractivity contribution is 0.0902. The second-order valence-electron chi connectivity index (χ2n) is 15.0. The van der Waals surface area contributed by atoms with E-state index in [1.165, 1.54) is 11.3 Å². The van der Waals surface area contributed by atoms with E-state index in [1.54, 1.807) is 24.6 Å². The summed E-state index contributed by atoms with van der Waals surface area (Å²) < 4.78 is 16.9. The molecule has 6 aromatic rings. The van der Waals surface area contributed by atoms with E-state index in [1.807, 2.05) is 62.4 Å². The highest BCUT2D eigenvalue weighted by Gasteiger charge is 2.25. The van der Waals surface area contributed by atoms with Crippen LogP contribution >= 0.6 is 11.3 Å². The molecule has 2 amide bonds. The van der Waals surface area contributed by atoms with Gasteiger partial charge in [-0.25, -0.2) is 20.8 Å². The molecule has 0 spiro atoms. The molecule has 4 aromatic heterocycles. The van der Waals surface area contributed by atoms with Crippen LogP contribution in [0, 0.1) is 13.8 Å². The Hall–Kier alpha value is -6.54. The minimum Gasteiger partial charge on any atom is -0.445 e. The number of thiophene rings is 1. The number of primary amides is 1. The van der Waals surface area contributed by atoms with Crippen LogP contribution in [0.4, 0.5) is 23.5 Å². The van der Waals surface area contributed by atoms with Gasteiger partial charge in [0, 0.05) is 38.3 Å². The molecule has 19 heteroatoms. The number of nitrogens with zero attached hydrogens (tertiary/aromatic N) is 8. The van der Waals surface area contributed by atoms with Gasteiger partial charge in [0.25, 0.3) is 11.8 Å². The number of anilines is 4. The van der Waals surface area contributed by atoms with Crippen molar-refractivity contribution in [2.75, 3.05) is 86.3 Å². The number of rotatable bonds is 11. The van der Waals surface area contributed by atoms with Crippen LogP contribution in [0.1, 0.15) is 55.3 Å². The number of aryl methyl sites for hydroxylation is 2. The molecule has 6 N–H and O–H groups in total. The van der Waals surface area contributed by atoms with Crippen molar-refractivity contribution >= 4 is 80.4 Å². The molecular weight excluding hydrogens is 811 g/mol. The second kappa shape index (κ2) is 19.9. The Morgan fingerprint density at radius 2 is 1.37 bits per heavy atom. The zero-order chi connectivity index (χ0) is 42.8. The number of hydrogen-bond donors (Lipinski definition) is 5. The molecule has 0 unspecified atom stereocenters. The molecule has 322 valence electrons. The quantitative estimate of drug-likeness (QED) is 0.0883. The Balaban J connectivity index is 0.000000174. The predicted molar refractivity (Wildman–Crippen MR) is 242 cm³/mol. The third-order valence-corrected chi connectivity index (χ3v) is 11.4. The van der Waals surface area contributed by atoms with Crippen LogP contribution in [0.5, 0.6) is 0 Å². The molecular formula is C43H49N13O5S. The zero-order valence-electron chi connectivity index (χ0n) is 34.6. The predicted octanol–water partition coefficient (Wildman–Crippen LogP) is 4.68. The number of nitrogens with one attached hydrogen (secondary N) is 4. The van der Waals surface area contributed by atoms with E-state index in [2.05, 4.69) is 61.4 Å². The lowest BCUT2D eigenvalue weighted by Gasteiger charge is -2.28. The van der Waals surface area contributed by atoms with Gasteiger partial charge in [-0.15, -0.1) is 11.3 Å². The zero-order valence-corrected chi connectivity index (χ0v) is 35.4. The van der Waals surface area contributed by atoms with Gasteiger partial charge in [0.1, 0.15) is 16.2 Å². The molecule has 0 bridgehead atoms. The monoisotopic (exact) mass is 859 g/mol. The molecule has 0 aliphatic carbocycles. The fraction of sp³-hybridized carbons (Fsp3) is 0.349. The minimum absolute atomic E-state index is 0.139. The number of fused-ring (bicyclic) bond motifs is 2. The molecule has 3 aliphatic rings. The summed E-state index contributed by atoms with van der Waals surface area (Å²) in [5, 5.41) is 15.8. The van der Waals surface area contributed by atoms with Gasteiger partial charge in [-0.1, -0.05) is 59.7 Å². The summed E-state index contributed by atoms with van der Waals surface area (Å²) in [6.45, 7) is 11.1. The third-order valence-electron chi connectivity index (χ3n) is 10.3. The summed E-state index contributed by atoms with van der Waals surface area (Å²) in [4.78, 5) is 48.2. The largest absolute Gasteiger partial charge is 0.445 e. The van der Waals surface area contributed by atoms with Crippen LogP contribution in [-0.4, -0.2) is 116 Å². The van der Waals surface area contributed by atoms with Gasteiger partial charge in [0.2, 0.25) is 11.9 Å². The van der Waals surface area contributed by atoms with Crippen molar-refractivity contribution in [2.24, 2.45) is 15.9 Å². The molecule has 2 aromatic carbocycles. The molecule has 0 radical (unpaired) electrons. The number of aromatic nitrogens is 4. The summed E-state index contributed by atoms with van der Waals surface area (Å²) in [5.74, 6) is 1.62. The normalized spacial score (nSPS) is 16.2. The van der Waals surface area contributed by atoms with Crippen LogP contribution in [-0.2, 0) is 9.47 Å². The van der Waals surface area contributed by atoms with Gasteiger partial charge in [-0.2, -0.15) is 20.2 Å². The van der Waals surface area contributed by atoms with E-state index in [0.29, 0.717) is 78.0 Å². The first-order chi connectivity index (χ1) is 30.3. The summed E-state index contributed by atoms with van der Waals surface area (Å²) in [6.07, 6.45) is 5.25. The molecule has 3 saturated heterocycles. The summed E-state index contributed by atoms with van der Waals surface area (Å²) in [5.41, 5.74) is 16.6. The first kappa shape index (κ1) is 42.2. The van der Waals surface area contributed by atoms with Crippen molar-refractivity contribution < 1.29 is 23.5 Å². The SMILES string of the molecule is Cc1cccc(/C=N/Nc2nc(N3CCOCC3)c3cc(C(N)=O)sc3n2)c1.Cc1cccc(/C=N/Nc2nc(N3CCOCC3)c3oc(C(=O)NC4CCNCC4)cc3n2)c1. The summed E-state index contributed by atoms with van der Waals surface area (Å²) in [6, 6.07) is 19.6. The van der Waals surface area contributed by atoms with Gasteiger partial charge in [-0.05, 0) is 57.0 Å². The summed E-state index contributed by atoms with van der Waals surface area (Å²) >= 11 is 1.25. The van der Waals surface area contributed by atoms with Crippen LogP contribution < -0.4 is 37.0 Å². The van der Waals surface area contributed by atoms with Crippen molar-refractivity contribution in [3.05, 3.63) is 93.6 Å². The van der Waals surface area contributed by atoms with E-state index in [0.717, 1.165) is 72.5 Å². The number of ether oxygens (including phenoxy) is 2. The number of hydrogen-bond acceptors (Lipinski definition) is 17. The van der Waals surface area contributed by atoms with Crippen LogP contribution in [0.15, 0.2) is 75.3 Å². The minimum atomic E-state index is -0.470. The number of hydrazone groups is 2. The molecule has 9 rings (SSSR count). The van der Waals surface area contributed by atoms with Crippen molar-refractivity contribution in [1.82, 2.24) is 30.6 Å². The molecule has 0 saturated carbocycles. The molecule has 18 nitrogen and oxygen atoms in total. The fourth-order valence-electron chi connectivity index (χ4n) is 7.21. The maximum atomic E-state index is 12.9. The van der Waals surface area contributed by atoms with Gasteiger partial charge in [0.15, 0.2) is 17.2 Å². The number of carbonyl (C=O) groups excluding carboxylic acids is 2. The molecule has 3 fully saturated rings. The Kier molecular flexibility index (Phi) is 13.5. The lowest BCUT2D eigenvalue weighted by Crippen LogP contribution is -2.42. The lowest BCUT2D eigenvalue weighted by atomic mass is 10.1. The maximum Gasteiger partial charge on any atom is 0.287 e. The first-order valence-electron chi connectivity index (χ1n) is 20.6. The standard InChI is InChI=1S/C24H29N7O3.C19H20N6O2S/c1-16-3-2-4-17(13-16)15-26-30-24-28-19-14-20(23(32)27-18-5-7-25-8-6-18)34-21(19)22(29-24)31-9-11-33-12-10-31;1-12-3-2-4-13(9-12)11-21-24-19-22-17(25-5-7-27-8-6-25)14-10-15(16(20)26)28-18(14)23-19/h2-4,13-15,18,25H,5-12H2,1H3,(H,27,32)(H,28,29,30);2-4,9-11H,5-8H2,1H3,(H2,20,26)(H,22,23,24)/b26-15+;21-11+. The number of benzene rings is 2. The number of morpholine rings is 2. The smallest absolute Gasteiger partial charge is 0.287 e. The van der Waals surface area contributed by atoms with Gasteiger partial charge >= 0.3 is 0 Å². The highest BCUT2D eigenvalue weighted by atomic mass is 32.1. The third kappa shape index (κ3) is 10.7. The highest BCUT2D eigenvalue weighted by Crippen LogP contribution is 2.33. The number of furan rings is 1. The number of piperidine rings is 1. The number of amides is 2. The molecule has 62 heavy (non-hydrogen) atoms. The van der Waals surface area contributed by atoms with Crippen molar-refractivity contribution in [3.8, 4) is 0 Å². The number of carbonyl (C=O) groups is 2. The van der Waals surface area contributed by atoms with Crippen LogP contribution in [0.2, 0.25) is 0 Å². The van der Waals surface area contributed by atoms with Gasteiger partial charge < -0.3 is 40.1 Å². The van der Waals surface area contributed by atoms with Crippen molar-refractivity contribution in [1.29, 1.82) is 0 Å². The van der Waals surface area contributed by atoms with Crippen molar-refractivity contribution in [3.63, 3.8) is 0 Å². The van der Waals surface area contributed by atoms with Gasteiger partial charge in [-0.3, -0.25) is 9.59 Å². The molecule has 0 atom stereocenters. The van der Waals surface area contributed by atoms with E-state index >= 15 is 0 Å². The first-order valence-corrected chi connectivity index (χ1v) is 21.4. The summed E-state index contributed by atoms with van der Waals surface area (Å²) in [7, 11) is 0. The fourth-order valence-corrected chi connectivity index (χ4v) is 8.09. The average Bonchev–Trinajstić information content (AvgIpc) is 3.93. The van der Waals surface area contributed by atoms with E-state index < -0.39 is 5.91 Å². The highest BCUT2D eigenvalue weighted by molar-refractivity contribution is 7.20. The van der Waals surface area contributed by atoms with Crippen LogP contribution in [0.25, 0.3) is 21.3 Å². The maximum absolute atomic E-state index is 12.9.